The largest absolute Gasteiger partial charge is 0.508 e. The molecule has 1 heterocycles. The Bertz CT molecular complexity index is 1250. The smallest absolute Gasteiger partial charge is 0.339 e. The lowest BCUT2D eigenvalue weighted by atomic mass is 10.0. The van der Waals surface area contributed by atoms with Gasteiger partial charge in [-0.25, -0.2) is 4.79 Å². The number of phenolic OH excluding ortho intramolecular Hbond substituents is 1. The highest BCUT2D eigenvalue weighted by Crippen LogP contribution is 2.31. The number of aliphatic carboxylic acids is 1. The Kier molecular flexibility index (Phi) is 7.22. The van der Waals surface area contributed by atoms with Crippen LogP contribution in [0.3, 0.4) is 0 Å². The maximum atomic E-state index is 12.7. The van der Waals surface area contributed by atoms with Gasteiger partial charge in [0.25, 0.3) is 0 Å². The van der Waals surface area contributed by atoms with Crippen LogP contribution in [0.25, 0.3) is 11.0 Å². The Morgan fingerprint density at radius 1 is 1.09 bits per heavy atom. The van der Waals surface area contributed by atoms with Crippen LogP contribution < -0.4 is 20.4 Å². The van der Waals surface area contributed by atoms with E-state index in [9.17, 15) is 24.6 Å². The van der Waals surface area contributed by atoms with Gasteiger partial charge in [0.1, 0.15) is 11.3 Å². The second kappa shape index (κ2) is 10.1. The number of phenols is 1. The number of hydrogen-bond acceptors (Lipinski definition) is 7. The first-order chi connectivity index (χ1) is 15.7. The minimum absolute atomic E-state index is 0.0168. The molecule has 33 heavy (non-hydrogen) atoms. The van der Waals surface area contributed by atoms with Crippen molar-refractivity contribution in [1.29, 1.82) is 0 Å². The van der Waals surface area contributed by atoms with E-state index in [4.69, 9.17) is 13.9 Å². The predicted octanol–water partition coefficient (Wildman–Crippen LogP) is 3.09. The summed E-state index contributed by atoms with van der Waals surface area (Å²) >= 11 is 0. The number of aromatic hydroxyl groups is 1. The van der Waals surface area contributed by atoms with Crippen molar-refractivity contribution < 1.29 is 33.7 Å². The van der Waals surface area contributed by atoms with Gasteiger partial charge >= 0.3 is 11.6 Å². The molecule has 1 aromatic heterocycles. The van der Waals surface area contributed by atoms with Crippen molar-refractivity contribution in [3.8, 4) is 17.2 Å². The molecule has 9 heteroatoms. The molecule has 0 radical (unpaired) electrons. The number of carboxylic acid groups (broad SMARTS) is 1. The fourth-order valence-electron chi connectivity index (χ4n) is 3.67. The topological polar surface area (TPSA) is 135 Å². The number of hydrogen-bond donors (Lipinski definition) is 3. The Morgan fingerprint density at radius 2 is 1.82 bits per heavy atom. The van der Waals surface area contributed by atoms with Crippen molar-refractivity contribution >= 4 is 22.8 Å². The molecule has 9 nitrogen and oxygen atoms in total. The Labute approximate surface area is 189 Å². The molecule has 0 fully saturated rings. The van der Waals surface area contributed by atoms with Crippen molar-refractivity contribution in [3.63, 3.8) is 0 Å². The molecule has 0 aliphatic heterocycles. The van der Waals surface area contributed by atoms with E-state index in [0.717, 1.165) is 0 Å². The first kappa shape index (κ1) is 23.6. The summed E-state index contributed by atoms with van der Waals surface area (Å²) in [5, 5.41) is 22.3. The van der Waals surface area contributed by atoms with Gasteiger partial charge in [-0.2, -0.15) is 0 Å². The molecule has 1 amide bonds. The molecule has 174 valence electrons. The molecule has 3 N–H and O–H groups in total. The molecule has 1 unspecified atom stereocenters. The molecule has 0 bridgehead atoms. The first-order valence-corrected chi connectivity index (χ1v) is 10.2. The van der Waals surface area contributed by atoms with Gasteiger partial charge in [-0.1, -0.05) is 6.07 Å². The van der Waals surface area contributed by atoms with Crippen molar-refractivity contribution in [3.05, 3.63) is 63.5 Å². The van der Waals surface area contributed by atoms with Crippen LogP contribution in [0.1, 0.15) is 35.6 Å². The zero-order valence-corrected chi connectivity index (χ0v) is 18.5. The van der Waals surface area contributed by atoms with Crippen LogP contribution in [0.4, 0.5) is 0 Å². The quantitative estimate of drug-likeness (QED) is 0.419. The van der Waals surface area contributed by atoms with Crippen molar-refractivity contribution in [2.75, 3.05) is 14.2 Å². The van der Waals surface area contributed by atoms with Crippen LogP contribution in [-0.2, 0) is 16.0 Å². The highest BCUT2D eigenvalue weighted by atomic mass is 16.5. The standard InChI is InChI=1S/C24H25NO8/c1-13-16-6-5-15(26)11-20(16)33-24(30)17(13)7-9-22(27)25-18(12-23(28)29)14-4-8-19(31-2)21(10-14)32-3/h4-6,8,10-11,18,26H,7,9,12H2,1-3H3,(H,25,27)(H,28,29). The molecule has 3 rings (SSSR count). The summed E-state index contributed by atoms with van der Waals surface area (Å²) in [4.78, 5) is 36.5. The maximum Gasteiger partial charge on any atom is 0.339 e. The number of ether oxygens (including phenoxy) is 2. The molecule has 1 atom stereocenters. The lowest BCUT2D eigenvalue weighted by Gasteiger charge is -2.19. The van der Waals surface area contributed by atoms with Crippen LogP contribution in [-0.4, -0.2) is 36.3 Å². The van der Waals surface area contributed by atoms with E-state index in [2.05, 4.69) is 5.32 Å². The van der Waals surface area contributed by atoms with Gasteiger partial charge in [-0.3, -0.25) is 9.59 Å². The number of aryl methyl sites for hydroxylation is 1. The molecular formula is C24H25NO8. The molecule has 2 aromatic carbocycles. The number of benzene rings is 2. The zero-order valence-electron chi connectivity index (χ0n) is 18.5. The number of rotatable bonds is 9. The van der Waals surface area contributed by atoms with Crippen LogP contribution in [0.15, 0.2) is 45.6 Å². The van der Waals surface area contributed by atoms with Crippen molar-refractivity contribution in [2.24, 2.45) is 0 Å². The molecule has 0 saturated heterocycles. The van der Waals surface area contributed by atoms with E-state index in [-0.39, 0.29) is 30.6 Å². The van der Waals surface area contributed by atoms with E-state index in [1.807, 2.05) is 0 Å². The molecule has 3 aromatic rings. The average Bonchev–Trinajstić information content (AvgIpc) is 2.77. The minimum atomic E-state index is -1.08. The third-order valence-electron chi connectivity index (χ3n) is 5.40. The second-order valence-electron chi connectivity index (χ2n) is 7.51. The third-order valence-corrected chi connectivity index (χ3v) is 5.40. The number of nitrogens with one attached hydrogen (secondary N) is 1. The summed E-state index contributed by atoms with van der Waals surface area (Å²) in [6, 6.07) is 8.61. The number of carboxylic acids is 1. The normalized spacial score (nSPS) is 11.7. The zero-order chi connectivity index (χ0) is 24.1. The fraction of sp³-hybridized carbons (Fsp3) is 0.292. The van der Waals surface area contributed by atoms with E-state index in [1.165, 1.54) is 26.4 Å². The monoisotopic (exact) mass is 455 g/mol. The summed E-state index contributed by atoms with van der Waals surface area (Å²) in [5.41, 5.74) is 1.24. The number of amides is 1. The number of fused-ring (bicyclic) bond motifs is 1. The van der Waals surface area contributed by atoms with Gasteiger partial charge in [0.15, 0.2) is 11.5 Å². The lowest BCUT2D eigenvalue weighted by molar-refractivity contribution is -0.137. The molecule has 0 aliphatic rings. The maximum absolute atomic E-state index is 12.7. The van der Waals surface area contributed by atoms with Crippen LogP contribution in [0.2, 0.25) is 0 Å². The minimum Gasteiger partial charge on any atom is -0.508 e. The van der Waals surface area contributed by atoms with Crippen LogP contribution in [0, 0.1) is 6.92 Å². The summed E-state index contributed by atoms with van der Waals surface area (Å²) in [5.74, 6) is -0.620. The first-order valence-electron chi connectivity index (χ1n) is 10.2. The molecule has 0 aliphatic carbocycles. The molecule has 0 saturated carbocycles. The van der Waals surface area contributed by atoms with Crippen LogP contribution in [0.5, 0.6) is 17.2 Å². The second-order valence-corrected chi connectivity index (χ2v) is 7.51. The number of carbonyl (C=O) groups excluding carboxylic acids is 1. The van der Waals surface area contributed by atoms with E-state index < -0.39 is 23.5 Å². The Morgan fingerprint density at radius 3 is 2.48 bits per heavy atom. The average molecular weight is 455 g/mol. The summed E-state index contributed by atoms with van der Waals surface area (Å²) in [7, 11) is 2.95. The van der Waals surface area contributed by atoms with Crippen LogP contribution >= 0.6 is 0 Å². The molecule has 0 spiro atoms. The lowest BCUT2D eigenvalue weighted by Crippen LogP contribution is -2.30. The van der Waals surface area contributed by atoms with Gasteiger partial charge in [0.05, 0.1) is 26.7 Å². The van der Waals surface area contributed by atoms with E-state index >= 15 is 0 Å². The van der Waals surface area contributed by atoms with Gasteiger partial charge in [-0.05, 0) is 48.7 Å². The number of carbonyl (C=O) groups is 2. The summed E-state index contributed by atoms with van der Waals surface area (Å²) in [6.45, 7) is 1.75. The Balaban J connectivity index is 1.78. The highest BCUT2D eigenvalue weighted by molar-refractivity contribution is 5.83. The molecular weight excluding hydrogens is 430 g/mol. The SMILES string of the molecule is COc1ccc(C(CC(=O)O)NC(=O)CCc2c(C)c3ccc(O)cc3oc2=O)cc1OC. The third kappa shape index (κ3) is 5.43. The predicted molar refractivity (Wildman–Crippen MR) is 120 cm³/mol. The van der Waals surface area contributed by atoms with E-state index in [1.54, 1.807) is 31.2 Å². The van der Waals surface area contributed by atoms with Gasteiger partial charge < -0.3 is 29.4 Å². The van der Waals surface area contributed by atoms with Crippen molar-refractivity contribution in [1.82, 2.24) is 5.32 Å². The summed E-state index contributed by atoms with van der Waals surface area (Å²) in [6.07, 6.45) is -0.261. The summed E-state index contributed by atoms with van der Waals surface area (Å²) < 4.78 is 15.8. The van der Waals surface area contributed by atoms with Gasteiger partial charge in [0.2, 0.25) is 5.91 Å². The van der Waals surface area contributed by atoms with Gasteiger partial charge in [0, 0.05) is 23.4 Å². The fourth-order valence-corrected chi connectivity index (χ4v) is 3.67. The van der Waals surface area contributed by atoms with E-state index in [0.29, 0.717) is 33.6 Å². The Hall–Kier alpha value is -4.01. The highest BCUT2D eigenvalue weighted by Gasteiger charge is 2.21. The number of methoxy groups -OCH3 is 2. The van der Waals surface area contributed by atoms with Crippen molar-refractivity contribution in [2.45, 2.75) is 32.2 Å². The van der Waals surface area contributed by atoms with Gasteiger partial charge in [-0.15, -0.1) is 0 Å².